The van der Waals surface area contributed by atoms with Gasteiger partial charge in [0.05, 0.1) is 5.56 Å². The minimum atomic E-state index is -0.336. The van der Waals surface area contributed by atoms with Crippen molar-refractivity contribution in [3.63, 3.8) is 0 Å². The van der Waals surface area contributed by atoms with E-state index in [1.807, 2.05) is 0 Å². The fourth-order valence-corrected chi connectivity index (χ4v) is 2.73. The number of benzene rings is 2. The quantitative estimate of drug-likeness (QED) is 0.422. The normalized spacial score (nSPS) is 10.9. The van der Waals surface area contributed by atoms with Gasteiger partial charge in [0.2, 0.25) is 11.8 Å². The minimum Gasteiger partial charge on any atom is -0.436 e. The second kappa shape index (κ2) is 7.51. The molecule has 0 aliphatic heterocycles. The van der Waals surface area contributed by atoms with Crippen molar-refractivity contribution >= 4 is 34.2 Å². The van der Waals surface area contributed by atoms with E-state index in [1.165, 1.54) is 12.1 Å². The zero-order chi connectivity index (χ0) is 19.5. The molecule has 4 aromatic rings. The number of hydrogen-bond donors (Lipinski definition) is 3. The molecule has 0 aliphatic carbocycles. The summed E-state index contributed by atoms with van der Waals surface area (Å²) >= 11 is 0. The summed E-state index contributed by atoms with van der Waals surface area (Å²) in [5.41, 5.74) is 8.90. The maximum absolute atomic E-state index is 13.4. The third-order valence-corrected chi connectivity index (χ3v) is 4.05. The van der Waals surface area contributed by atoms with E-state index in [0.717, 1.165) is 13.0 Å². The fraction of sp³-hybridized carbons (Fsp3) is 0.150. The van der Waals surface area contributed by atoms with Crippen molar-refractivity contribution in [3.8, 4) is 11.5 Å². The highest BCUT2D eigenvalue weighted by atomic mass is 19.1. The molecule has 4 rings (SSSR count). The van der Waals surface area contributed by atoms with Crippen molar-refractivity contribution in [1.82, 2.24) is 15.0 Å². The molecule has 0 unspecified atom stereocenters. The Balaban J connectivity index is 1.71. The molecule has 2 aromatic carbocycles. The van der Waals surface area contributed by atoms with E-state index < -0.39 is 0 Å². The van der Waals surface area contributed by atoms with E-state index >= 15 is 0 Å². The van der Waals surface area contributed by atoms with Gasteiger partial charge in [0.25, 0.3) is 0 Å². The number of aromatic nitrogens is 3. The van der Waals surface area contributed by atoms with E-state index in [2.05, 4.69) is 32.5 Å². The molecule has 142 valence electrons. The van der Waals surface area contributed by atoms with E-state index in [1.54, 1.807) is 36.5 Å². The van der Waals surface area contributed by atoms with Gasteiger partial charge in [0, 0.05) is 30.2 Å². The largest absolute Gasteiger partial charge is 0.436 e. The molecule has 0 aliphatic rings. The second-order valence-electron chi connectivity index (χ2n) is 6.26. The fourth-order valence-electron chi connectivity index (χ4n) is 2.73. The van der Waals surface area contributed by atoms with Crippen LogP contribution < -0.4 is 16.4 Å². The van der Waals surface area contributed by atoms with Crippen LogP contribution in [0.5, 0.6) is 0 Å². The molecular formula is C20H19FN6O. The molecule has 0 saturated carbocycles. The average Bonchev–Trinajstić information content (AvgIpc) is 3.09. The summed E-state index contributed by atoms with van der Waals surface area (Å²) in [5.74, 6) is 0.983. The van der Waals surface area contributed by atoms with Crippen LogP contribution in [-0.2, 0) is 0 Å². The lowest BCUT2D eigenvalue weighted by molar-refractivity contribution is 0.619. The number of oxazole rings is 1. The van der Waals surface area contributed by atoms with Crippen molar-refractivity contribution in [3.05, 3.63) is 54.5 Å². The van der Waals surface area contributed by atoms with Crippen molar-refractivity contribution < 1.29 is 8.81 Å². The van der Waals surface area contributed by atoms with Gasteiger partial charge in [-0.15, -0.1) is 0 Å². The number of anilines is 4. The topological polar surface area (TPSA) is 102 Å². The predicted molar refractivity (Wildman–Crippen MR) is 108 cm³/mol. The highest BCUT2D eigenvalue weighted by molar-refractivity contribution is 5.81. The molecule has 0 amide bonds. The van der Waals surface area contributed by atoms with Crippen LogP contribution in [0.15, 0.2) is 53.1 Å². The maximum atomic E-state index is 13.4. The Morgan fingerprint density at radius 2 is 2.04 bits per heavy atom. The standard InChI is InChI=1S/C20H19FN6O/c1-2-8-23-18-15(19-26-16-7-6-13(22)10-17(16)28-19)11-24-20(27-18)25-14-5-3-4-12(21)9-14/h3-7,9-11H,2,8,22H2,1H3,(H2,23,24,25,27). The molecule has 8 heteroatoms. The summed E-state index contributed by atoms with van der Waals surface area (Å²) < 4.78 is 19.3. The Labute approximate surface area is 160 Å². The van der Waals surface area contributed by atoms with Gasteiger partial charge in [0.15, 0.2) is 5.58 Å². The van der Waals surface area contributed by atoms with Gasteiger partial charge in [-0.3, -0.25) is 0 Å². The van der Waals surface area contributed by atoms with Crippen LogP contribution in [0.25, 0.3) is 22.6 Å². The number of fused-ring (bicyclic) bond motifs is 1. The molecule has 0 spiro atoms. The van der Waals surface area contributed by atoms with Crippen LogP contribution >= 0.6 is 0 Å². The maximum Gasteiger partial charge on any atom is 0.232 e. The summed E-state index contributed by atoms with van der Waals surface area (Å²) in [6.45, 7) is 2.78. The highest BCUT2D eigenvalue weighted by Gasteiger charge is 2.16. The van der Waals surface area contributed by atoms with Gasteiger partial charge in [-0.1, -0.05) is 13.0 Å². The molecule has 28 heavy (non-hydrogen) atoms. The van der Waals surface area contributed by atoms with Gasteiger partial charge in [-0.05, 0) is 36.8 Å². The Morgan fingerprint density at radius 3 is 2.86 bits per heavy atom. The first-order chi connectivity index (χ1) is 13.6. The summed E-state index contributed by atoms with van der Waals surface area (Å²) in [6, 6.07) is 11.4. The van der Waals surface area contributed by atoms with Gasteiger partial charge in [-0.25, -0.2) is 14.4 Å². The minimum absolute atomic E-state index is 0.336. The monoisotopic (exact) mass is 378 g/mol. The summed E-state index contributed by atoms with van der Waals surface area (Å²) in [5, 5.41) is 6.27. The molecule has 4 N–H and O–H groups in total. The Kier molecular flexibility index (Phi) is 4.76. The molecule has 0 atom stereocenters. The first-order valence-corrected chi connectivity index (χ1v) is 8.92. The lowest BCUT2D eigenvalue weighted by Crippen LogP contribution is -2.07. The van der Waals surface area contributed by atoms with Crippen LogP contribution in [0.4, 0.5) is 27.5 Å². The first-order valence-electron chi connectivity index (χ1n) is 8.92. The Hall–Kier alpha value is -3.68. The van der Waals surface area contributed by atoms with Crippen LogP contribution in [0.3, 0.4) is 0 Å². The number of hydrogen-bond acceptors (Lipinski definition) is 7. The summed E-state index contributed by atoms with van der Waals surface area (Å²) in [4.78, 5) is 13.4. The van der Waals surface area contributed by atoms with Gasteiger partial charge in [-0.2, -0.15) is 4.98 Å². The zero-order valence-corrected chi connectivity index (χ0v) is 15.2. The lowest BCUT2D eigenvalue weighted by Gasteiger charge is -2.11. The smallest absolute Gasteiger partial charge is 0.232 e. The summed E-state index contributed by atoms with van der Waals surface area (Å²) in [6.07, 6.45) is 2.54. The molecule has 0 fully saturated rings. The number of nitrogens with zero attached hydrogens (tertiary/aromatic N) is 3. The molecule has 0 bridgehead atoms. The molecule has 2 aromatic heterocycles. The van der Waals surface area contributed by atoms with E-state index in [4.69, 9.17) is 10.2 Å². The van der Waals surface area contributed by atoms with Crippen LogP contribution in [0.2, 0.25) is 0 Å². The van der Waals surface area contributed by atoms with E-state index in [0.29, 0.717) is 45.7 Å². The van der Waals surface area contributed by atoms with Crippen LogP contribution in [0, 0.1) is 5.82 Å². The van der Waals surface area contributed by atoms with Crippen molar-refractivity contribution in [1.29, 1.82) is 0 Å². The van der Waals surface area contributed by atoms with E-state index in [-0.39, 0.29) is 5.82 Å². The third kappa shape index (κ3) is 3.71. The molecule has 0 radical (unpaired) electrons. The van der Waals surface area contributed by atoms with Gasteiger partial charge < -0.3 is 20.8 Å². The zero-order valence-electron chi connectivity index (χ0n) is 15.2. The average molecular weight is 378 g/mol. The predicted octanol–water partition coefficient (Wildman–Crippen LogP) is 4.57. The van der Waals surface area contributed by atoms with Crippen molar-refractivity contribution in [2.45, 2.75) is 13.3 Å². The first kappa shape index (κ1) is 17.7. The number of nitrogens with two attached hydrogens (primary N) is 1. The number of halogens is 1. The SMILES string of the molecule is CCCNc1nc(Nc2cccc(F)c2)ncc1-c1nc2ccc(N)cc2o1. The number of nitrogens with one attached hydrogen (secondary N) is 2. The second-order valence-corrected chi connectivity index (χ2v) is 6.26. The van der Waals surface area contributed by atoms with Crippen LogP contribution in [-0.4, -0.2) is 21.5 Å². The molecule has 2 heterocycles. The van der Waals surface area contributed by atoms with Gasteiger partial charge in [0.1, 0.15) is 17.2 Å². The molecule has 0 saturated heterocycles. The Bertz CT molecular complexity index is 1130. The van der Waals surface area contributed by atoms with Crippen molar-refractivity contribution in [2.24, 2.45) is 0 Å². The van der Waals surface area contributed by atoms with Gasteiger partial charge >= 0.3 is 0 Å². The summed E-state index contributed by atoms with van der Waals surface area (Å²) in [7, 11) is 0. The van der Waals surface area contributed by atoms with Crippen LogP contribution in [0.1, 0.15) is 13.3 Å². The Morgan fingerprint density at radius 1 is 1.14 bits per heavy atom. The van der Waals surface area contributed by atoms with Crippen molar-refractivity contribution in [2.75, 3.05) is 22.9 Å². The number of nitrogen functional groups attached to an aromatic ring is 1. The number of rotatable bonds is 6. The molecule has 7 nitrogen and oxygen atoms in total. The lowest BCUT2D eigenvalue weighted by atomic mass is 10.3. The van der Waals surface area contributed by atoms with E-state index in [9.17, 15) is 4.39 Å². The third-order valence-electron chi connectivity index (χ3n) is 4.05. The molecular weight excluding hydrogens is 359 g/mol. The highest BCUT2D eigenvalue weighted by Crippen LogP contribution is 2.30.